The van der Waals surface area contributed by atoms with Crippen molar-refractivity contribution in [2.24, 2.45) is 0 Å². The van der Waals surface area contributed by atoms with Gasteiger partial charge in [-0.25, -0.2) is 0 Å². The minimum Gasteiger partial charge on any atom is -0.369 e. The number of anilines is 1. The molecule has 0 aliphatic rings. The molecule has 0 saturated heterocycles. The van der Waals surface area contributed by atoms with E-state index in [1.54, 1.807) is 13.8 Å². The van der Waals surface area contributed by atoms with Gasteiger partial charge < -0.3 is 9.84 Å². The van der Waals surface area contributed by atoms with Crippen LogP contribution in [0.25, 0.3) is 0 Å². The average Bonchev–Trinajstić information content (AvgIpc) is 2.89. The van der Waals surface area contributed by atoms with E-state index in [9.17, 15) is 23.3 Å². The molecule has 1 atom stereocenters. The fourth-order valence-corrected chi connectivity index (χ4v) is 1.97. The van der Waals surface area contributed by atoms with Gasteiger partial charge in [-0.1, -0.05) is 12.1 Å². The molecular weight excluding hydrogens is 317 g/mol. The first-order valence-electron chi connectivity index (χ1n) is 6.64. The van der Waals surface area contributed by atoms with Gasteiger partial charge in [-0.2, -0.15) is 18.2 Å². The van der Waals surface area contributed by atoms with Crippen LogP contribution in [0, 0.1) is 17.0 Å². The lowest BCUT2D eigenvalue weighted by Crippen LogP contribution is -2.13. The Morgan fingerprint density at radius 2 is 2.13 bits per heavy atom. The van der Waals surface area contributed by atoms with E-state index < -0.39 is 28.4 Å². The number of rotatable bonds is 5. The number of nitrogens with one attached hydrogen (secondary N) is 1. The van der Waals surface area contributed by atoms with E-state index in [0.29, 0.717) is 18.4 Å². The second kappa shape index (κ2) is 6.23. The van der Waals surface area contributed by atoms with Gasteiger partial charge in [0.05, 0.1) is 16.5 Å². The molecule has 0 aliphatic carbocycles. The highest BCUT2D eigenvalue weighted by Gasteiger charge is 2.33. The Bertz CT molecular complexity index is 715. The molecule has 7 nitrogen and oxygen atoms in total. The van der Waals surface area contributed by atoms with Crippen LogP contribution in [0.3, 0.4) is 0 Å². The predicted molar refractivity (Wildman–Crippen MR) is 73.8 cm³/mol. The summed E-state index contributed by atoms with van der Waals surface area (Å²) >= 11 is 0. The Morgan fingerprint density at radius 3 is 2.61 bits per heavy atom. The summed E-state index contributed by atoms with van der Waals surface area (Å²) in [4.78, 5) is 14.2. The molecule has 0 fully saturated rings. The number of nitrogens with zero attached hydrogens (tertiary/aromatic N) is 3. The Kier molecular flexibility index (Phi) is 4.52. The smallest absolute Gasteiger partial charge is 0.369 e. The molecule has 1 heterocycles. The largest absolute Gasteiger partial charge is 0.416 e. The first-order chi connectivity index (χ1) is 10.7. The zero-order valence-corrected chi connectivity index (χ0v) is 12.2. The zero-order chi connectivity index (χ0) is 17.2. The van der Waals surface area contributed by atoms with E-state index in [-0.39, 0.29) is 11.5 Å². The Morgan fingerprint density at radius 1 is 1.43 bits per heavy atom. The van der Waals surface area contributed by atoms with Crippen LogP contribution in [0.5, 0.6) is 0 Å². The summed E-state index contributed by atoms with van der Waals surface area (Å²) < 4.78 is 42.9. The Hall–Kier alpha value is -2.65. The highest BCUT2D eigenvalue weighted by Crippen LogP contribution is 2.36. The first-order valence-corrected chi connectivity index (χ1v) is 6.64. The van der Waals surface area contributed by atoms with Crippen LogP contribution in [0.2, 0.25) is 0 Å². The molecule has 10 heteroatoms. The maximum Gasteiger partial charge on any atom is 0.416 e. The summed E-state index contributed by atoms with van der Waals surface area (Å²) in [7, 11) is 0. The minimum atomic E-state index is -4.65. The SMILES string of the molecule is CC[C@H](Nc1ccc(C(F)(F)F)cc1[N+](=O)[O-])c1noc(C)n1. The lowest BCUT2D eigenvalue weighted by atomic mass is 10.1. The van der Waals surface area contributed by atoms with E-state index >= 15 is 0 Å². The van der Waals surface area contributed by atoms with Crippen molar-refractivity contribution >= 4 is 11.4 Å². The summed E-state index contributed by atoms with van der Waals surface area (Å²) in [5.74, 6) is 0.598. The third-order valence-corrected chi connectivity index (χ3v) is 3.11. The summed E-state index contributed by atoms with van der Waals surface area (Å²) in [5.41, 5.74) is -1.80. The summed E-state index contributed by atoms with van der Waals surface area (Å²) in [6.45, 7) is 3.36. The van der Waals surface area contributed by atoms with Crippen LogP contribution in [-0.4, -0.2) is 15.1 Å². The molecule has 1 aromatic carbocycles. The minimum absolute atomic E-state index is 0.0442. The number of benzene rings is 1. The van der Waals surface area contributed by atoms with Crippen molar-refractivity contribution in [3.05, 3.63) is 45.6 Å². The van der Waals surface area contributed by atoms with Gasteiger partial charge in [-0.3, -0.25) is 10.1 Å². The maximum absolute atomic E-state index is 12.7. The molecule has 0 unspecified atom stereocenters. The van der Waals surface area contributed by atoms with Gasteiger partial charge in [0.2, 0.25) is 5.89 Å². The second-order valence-corrected chi connectivity index (χ2v) is 4.76. The number of aromatic nitrogens is 2. The first kappa shape index (κ1) is 16.7. The number of halogens is 3. The molecule has 0 aliphatic heterocycles. The third kappa shape index (κ3) is 3.76. The third-order valence-electron chi connectivity index (χ3n) is 3.11. The standard InChI is InChI=1S/C13H13F3N4O3/c1-3-9(12-17-7(2)23-19-12)18-10-5-4-8(13(14,15)16)6-11(10)20(21)22/h4-6,9,18H,3H2,1-2H3/t9-/m0/s1. The van der Waals surface area contributed by atoms with E-state index in [0.717, 1.165) is 12.1 Å². The maximum atomic E-state index is 12.7. The number of nitro groups is 1. The van der Waals surface area contributed by atoms with Crippen LogP contribution in [0.1, 0.15) is 36.7 Å². The van der Waals surface area contributed by atoms with Gasteiger partial charge in [-0.15, -0.1) is 0 Å². The lowest BCUT2D eigenvalue weighted by Gasteiger charge is -2.15. The zero-order valence-electron chi connectivity index (χ0n) is 12.2. The van der Waals surface area contributed by atoms with E-state index in [4.69, 9.17) is 4.52 Å². The predicted octanol–water partition coefficient (Wildman–Crippen LogP) is 3.87. The van der Waals surface area contributed by atoms with Crippen molar-refractivity contribution in [3.63, 3.8) is 0 Å². The van der Waals surface area contributed by atoms with E-state index in [2.05, 4.69) is 15.5 Å². The number of aryl methyl sites for hydroxylation is 1. The highest BCUT2D eigenvalue weighted by molar-refractivity contribution is 5.63. The van der Waals surface area contributed by atoms with Crippen LogP contribution in [0.15, 0.2) is 22.7 Å². The summed E-state index contributed by atoms with van der Waals surface area (Å²) in [6.07, 6.45) is -4.20. The summed E-state index contributed by atoms with van der Waals surface area (Å²) in [5, 5.41) is 17.6. The fraction of sp³-hybridized carbons (Fsp3) is 0.385. The topological polar surface area (TPSA) is 94.1 Å². The molecule has 0 bridgehead atoms. The second-order valence-electron chi connectivity index (χ2n) is 4.76. The fourth-order valence-electron chi connectivity index (χ4n) is 1.97. The average molecular weight is 330 g/mol. The van der Waals surface area contributed by atoms with E-state index in [1.807, 2.05) is 0 Å². The van der Waals surface area contributed by atoms with Gasteiger partial charge in [0.25, 0.3) is 5.69 Å². The van der Waals surface area contributed by atoms with Crippen molar-refractivity contribution in [3.8, 4) is 0 Å². The lowest BCUT2D eigenvalue weighted by molar-refractivity contribution is -0.384. The quantitative estimate of drug-likeness (QED) is 0.660. The van der Waals surface area contributed by atoms with Gasteiger partial charge in [0.15, 0.2) is 5.82 Å². The molecule has 0 spiro atoms. The van der Waals surface area contributed by atoms with Gasteiger partial charge in [0.1, 0.15) is 5.69 Å². The van der Waals surface area contributed by atoms with Crippen LogP contribution >= 0.6 is 0 Å². The van der Waals surface area contributed by atoms with Gasteiger partial charge in [0, 0.05) is 13.0 Å². The normalized spacial score (nSPS) is 12.9. The van der Waals surface area contributed by atoms with Crippen molar-refractivity contribution in [1.29, 1.82) is 0 Å². The molecule has 0 amide bonds. The molecular formula is C13H13F3N4O3. The van der Waals surface area contributed by atoms with Gasteiger partial charge in [-0.05, 0) is 18.6 Å². The van der Waals surface area contributed by atoms with Crippen LogP contribution in [-0.2, 0) is 6.18 Å². The molecule has 1 aromatic heterocycles. The van der Waals surface area contributed by atoms with Gasteiger partial charge >= 0.3 is 6.18 Å². The number of alkyl halides is 3. The summed E-state index contributed by atoms with van der Waals surface area (Å²) in [6, 6.07) is 1.78. The molecule has 124 valence electrons. The molecule has 2 rings (SSSR count). The molecule has 23 heavy (non-hydrogen) atoms. The Balaban J connectivity index is 2.36. The van der Waals surface area contributed by atoms with Crippen molar-refractivity contribution < 1.29 is 22.6 Å². The van der Waals surface area contributed by atoms with Crippen molar-refractivity contribution in [1.82, 2.24) is 10.1 Å². The van der Waals surface area contributed by atoms with E-state index in [1.165, 1.54) is 0 Å². The van der Waals surface area contributed by atoms with Crippen LogP contribution in [0.4, 0.5) is 24.5 Å². The molecule has 1 N–H and O–H groups in total. The number of hydrogen-bond donors (Lipinski definition) is 1. The Labute approximate surface area is 128 Å². The van der Waals surface area contributed by atoms with Crippen molar-refractivity contribution in [2.75, 3.05) is 5.32 Å². The monoisotopic (exact) mass is 330 g/mol. The molecule has 0 radical (unpaired) electrons. The number of nitro benzene ring substituents is 1. The van der Waals surface area contributed by atoms with Crippen LogP contribution < -0.4 is 5.32 Å². The van der Waals surface area contributed by atoms with Crippen molar-refractivity contribution in [2.45, 2.75) is 32.5 Å². The number of hydrogen-bond acceptors (Lipinski definition) is 6. The molecule has 0 saturated carbocycles. The molecule has 2 aromatic rings. The highest BCUT2D eigenvalue weighted by atomic mass is 19.4.